The number of nitrogens with zero attached hydrogens (tertiary/aromatic N) is 1. The number of amides is 1. The predicted molar refractivity (Wildman–Crippen MR) is 89.2 cm³/mol. The van der Waals surface area contributed by atoms with E-state index in [2.05, 4.69) is 10.3 Å². The molecule has 7 heteroatoms. The van der Waals surface area contributed by atoms with Gasteiger partial charge in [-0.1, -0.05) is 32.4 Å². The van der Waals surface area contributed by atoms with Crippen molar-refractivity contribution in [1.29, 1.82) is 0 Å². The van der Waals surface area contributed by atoms with Crippen LogP contribution in [0.15, 0.2) is 34.9 Å². The van der Waals surface area contributed by atoms with Crippen molar-refractivity contribution in [3.63, 3.8) is 0 Å². The summed E-state index contributed by atoms with van der Waals surface area (Å²) in [6.45, 7) is 3.64. The van der Waals surface area contributed by atoms with E-state index in [0.29, 0.717) is 17.9 Å². The fourth-order valence-electron chi connectivity index (χ4n) is 2.36. The summed E-state index contributed by atoms with van der Waals surface area (Å²) in [5.74, 6) is -1.45. The van der Waals surface area contributed by atoms with Crippen molar-refractivity contribution in [2.75, 3.05) is 0 Å². The van der Waals surface area contributed by atoms with Gasteiger partial charge in [-0.3, -0.25) is 4.79 Å². The summed E-state index contributed by atoms with van der Waals surface area (Å²) in [5, 5.41) is 11.7. The molecule has 0 aliphatic rings. The van der Waals surface area contributed by atoms with Crippen LogP contribution in [0.3, 0.4) is 0 Å². The molecule has 2 atom stereocenters. The molecule has 1 heterocycles. The highest BCUT2D eigenvalue weighted by atomic mass is 19.1. The number of carbonyl (C=O) groups excluding carboxylic acids is 1. The summed E-state index contributed by atoms with van der Waals surface area (Å²) in [6.07, 6.45) is 2.29. The van der Waals surface area contributed by atoms with Crippen molar-refractivity contribution in [3.8, 4) is 11.3 Å². The monoisotopic (exact) mass is 348 g/mol. The van der Waals surface area contributed by atoms with Gasteiger partial charge in [0.25, 0.3) is 0 Å². The molecule has 0 bridgehead atoms. The molecule has 1 aromatic heterocycles. The number of nitrogens with one attached hydrogen (secondary N) is 1. The first-order valence-electron chi connectivity index (χ1n) is 8.14. The maximum atomic E-state index is 13.7. The molecule has 0 saturated heterocycles. The van der Waals surface area contributed by atoms with E-state index in [1.807, 2.05) is 6.92 Å². The molecule has 134 valence electrons. The number of aromatic nitrogens is 1. The molecule has 1 amide bonds. The minimum Gasteiger partial charge on any atom is -0.480 e. The van der Waals surface area contributed by atoms with Crippen LogP contribution in [0.2, 0.25) is 0 Å². The lowest BCUT2D eigenvalue weighted by Gasteiger charge is -2.19. The molecule has 2 aromatic rings. The SMILES string of the molecule is CCC(C)C(NC(=O)CCc1ncc(-c2ccccc2F)o1)C(=O)O. The van der Waals surface area contributed by atoms with Crippen molar-refractivity contribution in [3.05, 3.63) is 42.2 Å². The number of hydrogen-bond donors (Lipinski definition) is 2. The number of carbonyl (C=O) groups is 2. The molecule has 25 heavy (non-hydrogen) atoms. The maximum Gasteiger partial charge on any atom is 0.326 e. The van der Waals surface area contributed by atoms with Crippen LogP contribution in [-0.2, 0) is 16.0 Å². The number of carboxylic acids is 1. The van der Waals surface area contributed by atoms with Crippen LogP contribution < -0.4 is 5.32 Å². The zero-order chi connectivity index (χ0) is 18.4. The van der Waals surface area contributed by atoms with E-state index in [-0.39, 0.29) is 24.5 Å². The molecule has 2 N–H and O–H groups in total. The van der Waals surface area contributed by atoms with Crippen molar-refractivity contribution in [1.82, 2.24) is 10.3 Å². The summed E-state index contributed by atoms with van der Waals surface area (Å²) >= 11 is 0. The standard InChI is InChI=1S/C18H21FN2O4/c1-3-11(2)17(18(23)24)21-15(22)8-9-16-20-10-14(25-16)12-6-4-5-7-13(12)19/h4-7,10-11,17H,3,8-9H2,1-2H3,(H,21,22)(H,23,24). The Balaban J connectivity index is 1.94. The number of aliphatic carboxylic acids is 1. The smallest absolute Gasteiger partial charge is 0.326 e. The Morgan fingerprint density at radius 3 is 2.72 bits per heavy atom. The average Bonchev–Trinajstić information content (AvgIpc) is 3.06. The van der Waals surface area contributed by atoms with Crippen LogP contribution in [0.4, 0.5) is 4.39 Å². The Kier molecular flexibility index (Phi) is 6.27. The Morgan fingerprint density at radius 2 is 2.08 bits per heavy atom. The second kappa shape index (κ2) is 8.41. The predicted octanol–water partition coefficient (Wildman–Crippen LogP) is 3.03. The number of hydrogen-bond acceptors (Lipinski definition) is 4. The average molecular weight is 348 g/mol. The number of halogens is 1. The Labute approximate surface area is 145 Å². The van der Waals surface area contributed by atoms with E-state index in [9.17, 15) is 19.1 Å². The number of carboxylic acid groups (broad SMARTS) is 1. The Bertz CT molecular complexity index is 744. The highest BCUT2D eigenvalue weighted by molar-refractivity contribution is 5.83. The maximum absolute atomic E-state index is 13.7. The molecular weight excluding hydrogens is 327 g/mol. The summed E-state index contributed by atoms with van der Waals surface area (Å²) in [7, 11) is 0. The van der Waals surface area contributed by atoms with Crippen molar-refractivity contribution in [2.45, 2.75) is 39.2 Å². The van der Waals surface area contributed by atoms with Gasteiger partial charge in [0.1, 0.15) is 11.9 Å². The Morgan fingerprint density at radius 1 is 1.36 bits per heavy atom. The molecule has 6 nitrogen and oxygen atoms in total. The van der Waals surface area contributed by atoms with Gasteiger partial charge in [-0.25, -0.2) is 14.2 Å². The van der Waals surface area contributed by atoms with Gasteiger partial charge in [-0.2, -0.15) is 0 Å². The molecular formula is C18H21FN2O4. The molecule has 2 unspecified atom stereocenters. The molecule has 0 saturated carbocycles. The zero-order valence-electron chi connectivity index (χ0n) is 14.2. The van der Waals surface area contributed by atoms with E-state index in [1.54, 1.807) is 25.1 Å². The summed E-state index contributed by atoms with van der Waals surface area (Å²) in [6, 6.07) is 5.25. The first kappa shape index (κ1) is 18.6. The van der Waals surface area contributed by atoms with Crippen molar-refractivity contribution >= 4 is 11.9 Å². The van der Waals surface area contributed by atoms with Gasteiger partial charge in [0.05, 0.1) is 11.8 Å². The fourth-order valence-corrected chi connectivity index (χ4v) is 2.36. The van der Waals surface area contributed by atoms with Crippen molar-refractivity contribution < 1.29 is 23.5 Å². The van der Waals surface area contributed by atoms with Gasteiger partial charge in [-0.15, -0.1) is 0 Å². The minimum absolute atomic E-state index is 0.0391. The fraction of sp³-hybridized carbons (Fsp3) is 0.389. The largest absolute Gasteiger partial charge is 0.480 e. The number of rotatable bonds is 8. The lowest BCUT2D eigenvalue weighted by atomic mass is 9.99. The van der Waals surface area contributed by atoms with Crippen LogP contribution in [-0.4, -0.2) is 28.0 Å². The van der Waals surface area contributed by atoms with Gasteiger partial charge >= 0.3 is 5.97 Å². The molecule has 1 aromatic carbocycles. The van der Waals surface area contributed by atoms with Crippen LogP contribution in [0.25, 0.3) is 11.3 Å². The first-order chi connectivity index (χ1) is 11.9. The quantitative estimate of drug-likeness (QED) is 0.765. The summed E-state index contributed by atoms with van der Waals surface area (Å²) in [5.41, 5.74) is 0.299. The van der Waals surface area contributed by atoms with Crippen LogP contribution >= 0.6 is 0 Å². The van der Waals surface area contributed by atoms with E-state index in [1.165, 1.54) is 12.3 Å². The highest BCUT2D eigenvalue weighted by Gasteiger charge is 2.25. The van der Waals surface area contributed by atoms with Crippen LogP contribution in [0.1, 0.15) is 32.6 Å². The highest BCUT2D eigenvalue weighted by Crippen LogP contribution is 2.23. The van der Waals surface area contributed by atoms with E-state index in [0.717, 1.165) is 0 Å². The second-order valence-electron chi connectivity index (χ2n) is 5.87. The number of benzene rings is 1. The molecule has 0 spiro atoms. The molecule has 0 radical (unpaired) electrons. The Hall–Kier alpha value is -2.70. The van der Waals surface area contributed by atoms with Crippen LogP contribution in [0, 0.1) is 11.7 Å². The summed E-state index contributed by atoms with van der Waals surface area (Å²) < 4.78 is 19.2. The lowest BCUT2D eigenvalue weighted by molar-refractivity contribution is -0.143. The van der Waals surface area contributed by atoms with E-state index >= 15 is 0 Å². The van der Waals surface area contributed by atoms with E-state index in [4.69, 9.17) is 4.42 Å². The zero-order valence-corrected chi connectivity index (χ0v) is 14.2. The van der Waals surface area contributed by atoms with Gasteiger partial charge in [-0.05, 0) is 18.1 Å². The third-order valence-electron chi connectivity index (χ3n) is 4.05. The van der Waals surface area contributed by atoms with Crippen LogP contribution in [0.5, 0.6) is 0 Å². The number of oxazole rings is 1. The minimum atomic E-state index is -1.05. The van der Waals surface area contributed by atoms with Gasteiger partial charge < -0.3 is 14.8 Å². The topological polar surface area (TPSA) is 92.4 Å². The van der Waals surface area contributed by atoms with E-state index < -0.39 is 23.7 Å². The third kappa shape index (κ3) is 4.89. The summed E-state index contributed by atoms with van der Waals surface area (Å²) in [4.78, 5) is 27.2. The van der Waals surface area contributed by atoms with Crippen molar-refractivity contribution in [2.24, 2.45) is 5.92 Å². The van der Waals surface area contributed by atoms with Gasteiger partial charge in [0.15, 0.2) is 11.7 Å². The van der Waals surface area contributed by atoms with Gasteiger partial charge in [0.2, 0.25) is 5.91 Å². The first-order valence-corrected chi connectivity index (χ1v) is 8.14. The molecule has 0 aliphatic carbocycles. The normalized spacial score (nSPS) is 13.2. The second-order valence-corrected chi connectivity index (χ2v) is 5.87. The molecule has 0 fully saturated rings. The third-order valence-corrected chi connectivity index (χ3v) is 4.05. The molecule has 2 rings (SSSR count). The molecule has 0 aliphatic heterocycles. The lowest BCUT2D eigenvalue weighted by Crippen LogP contribution is -2.45. The number of aryl methyl sites for hydroxylation is 1. The van der Waals surface area contributed by atoms with Gasteiger partial charge in [0, 0.05) is 12.8 Å².